The van der Waals surface area contributed by atoms with Crippen LogP contribution in [0.2, 0.25) is 0 Å². The Hall–Kier alpha value is -3.23. The Bertz CT molecular complexity index is 1380. The number of hydrogen-bond donors (Lipinski definition) is 0. The fourth-order valence-corrected chi connectivity index (χ4v) is 5.76. The number of piperazine rings is 1. The van der Waals surface area contributed by atoms with E-state index in [1.54, 1.807) is 6.20 Å². The van der Waals surface area contributed by atoms with Gasteiger partial charge in [0.25, 0.3) is 0 Å². The number of pyridine rings is 1. The van der Waals surface area contributed by atoms with E-state index in [9.17, 15) is 4.39 Å². The summed E-state index contributed by atoms with van der Waals surface area (Å²) >= 11 is 0. The molecule has 2 bridgehead atoms. The van der Waals surface area contributed by atoms with Gasteiger partial charge >= 0.3 is 0 Å². The average Bonchev–Trinajstić information content (AvgIpc) is 3.53. The van der Waals surface area contributed by atoms with Crippen LogP contribution in [-0.2, 0) is 13.1 Å². The third-order valence-corrected chi connectivity index (χ3v) is 7.47. The lowest BCUT2D eigenvalue weighted by atomic mass is 10.1. The number of benzene rings is 1. The molecule has 0 N–H and O–H groups in total. The highest BCUT2D eigenvalue weighted by Crippen LogP contribution is 2.32. The first-order chi connectivity index (χ1) is 17.0. The summed E-state index contributed by atoms with van der Waals surface area (Å²) in [7, 11) is 0. The first-order valence-electron chi connectivity index (χ1n) is 12.4. The number of rotatable bonds is 6. The van der Waals surface area contributed by atoms with Crippen LogP contribution >= 0.6 is 0 Å². The van der Waals surface area contributed by atoms with Crippen molar-refractivity contribution in [2.24, 2.45) is 0 Å². The molecule has 0 spiro atoms. The molecule has 2 aliphatic heterocycles. The van der Waals surface area contributed by atoms with Gasteiger partial charge in [0, 0.05) is 43.5 Å². The molecule has 2 atom stereocenters. The number of imidazole rings is 1. The highest BCUT2D eigenvalue weighted by atomic mass is 19.1. The number of likely N-dealkylation sites (N-methyl/N-ethyl adjacent to an activating group) is 1. The number of likely N-dealkylation sites (tertiary alicyclic amines) is 2. The standard InChI is InChI=1S/C27H30FN7/c1-4-33-15-24-10-23(33)16-34(24)13-19-5-7-20(8-6-19)14-35-26(21-9-22(28)12-29-11-21)32-25-17(2)30-18(3)31-27(25)35/h5-9,11-12,23-24H,4,10,13-16H2,1-3H3/t23-,24-/m0/s1. The lowest BCUT2D eigenvalue weighted by Crippen LogP contribution is -2.45. The molecule has 7 nitrogen and oxygen atoms in total. The van der Waals surface area contributed by atoms with Gasteiger partial charge in [-0.2, -0.15) is 0 Å². The Morgan fingerprint density at radius 3 is 2.31 bits per heavy atom. The second kappa shape index (κ2) is 8.77. The molecule has 180 valence electrons. The molecule has 8 heteroatoms. The first-order valence-corrected chi connectivity index (χ1v) is 12.4. The normalized spacial score (nSPS) is 20.3. The molecular formula is C27H30FN7. The van der Waals surface area contributed by atoms with E-state index in [4.69, 9.17) is 4.98 Å². The van der Waals surface area contributed by atoms with Crippen molar-refractivity contribution in [1.29, 1.82) is 0 Å². The van der Waals surface area contributed by atoms with Gasteiger partial charge in [0.05, 0.1) is 18.4 Å². The molecule has 1 aromatic carbocycles. The van der Waals surface area contributed by atoms with Crippen LogP contribution in [0.1, 0.15) is 36.0 Å². The second-order valence-corrected chi connectivity index (χ2v) is 9.82. The minimum Gasteiger partial charge on any atom is -0.304 e. The molecule has 2 fully saturated rings. The Morgan fingerprint density at radius 2 is 1.63 bits per heavy atom. The van der Waals surface area contributed by atoms with Crippen LogP contribution in [0.3, 0.4) is 0 Å². The summed E-state index contributed by atoms with van der Waals surface area (Å²) in [5.41, 5.74) is 5.41. The van der Waals surface area contributed by atoms with Gasteiger partial charge in [-0.3, -0.25) is 14.8 Å². The maximum Gasteiger partial charge on any atom is 0.164 e. The van der Waals surface area contributed by atoms with Crippen LogP contribution in [0.5, 0.6) is 0 Å². The summed E-state index contributed by atoms with van der Waals surface area (Å²) < 4.78 is 16.0. The summed E-state index contributed by atoms with van der Waals surface area (Å²) in [6.45, 7) is 11.2. The fourth-order valence-electron chi connectivity index (χ4n) is 5.76. The van der Waals surface area contributed by atoms with Gasteiger partial charge in [-0.1, -0.05) is 31.2 Å². The zero-order valence-corrected chi connectivity index (χ0v) is 20.4. The molecule has 4 aromatic rings. The Balaban J connectivity index is 1.28. The van der Waals surface area contributed by atoms with Crippen LogP contribution in [-0.4, -0.2) is 66.0 Å². The quantitative estimate of drug-likeness (QED) is 0.424. The van der Waals surface area contributed by atoms with Crippen molar-refractivity contribution in [3.05, 3.63) is 71.2 Å². The zero-order chi connectivity index (χ0) is 24.1. The van der Waals surface area contributed by atoms with E-state index in [2.05, 4.69) is 55.9 Å². The van der Waals surface area contributed by atoms with Gasteiger partial charge in [0.2, 0.25) is 0 Å². The summed E-state index contributed by atoms with van der Waals surface area (Å²) in [6, 6.07) is 11.7. The van der Waals surface area contributed by atoms with E-state index in [-0.39, 0.29) is 5.82 Å². The highest BCUT2D eigenvalue weighted by Gasteiger charge is 2.42. The van der Waals surface area contributed by atoms with E-state index in [1.807, 2.05) is 18.4 Å². The van der Waals surface area contributed by atoms with E-state index in [0.29, 0.717) is 29.8 Å². The third-order valence-electron chi connectivity index (χ3n) is 7.47. The molecule has 0 aliphatic carbocycles. The maximum absolute atomic E-state index is 14.0. The SMILES string of the molecule is CCN1C[C@@H]2C[C@H]1CN2Cc1ccc(Cn2c(-c3cncc(F)c3)nc3c(C)nc(C)nc32)cc1. The van der Waals surface area contributed by atoms with Crippen LogP contribution in [0, 0.1) is 19.7 Å². The van der Waals surface area contributed by atoms with E-state index < -0.39 is 0 Å². The summed E-state index contributed by atoms with van der Waals surface area (Å²) in [5, 5.41) is 0. The minimum atomic E-state index is -0.387. The molecule has 0 radical (unpaired) electrons. The predicted octanol–water partition coefficient (Wildman–Crippen LogP) is 3.97. The van der Waals surface area contributed by atoms with Gasteiger partial charge in [-0.25, -0.2) is 19.3 Å². The second-order valence-electron chi connectivity index (χ2n) is 9.82. The molecule has 3 aromatic heterocycles. The number of fused-ring (bicyclic) bond motifs is 3. The number of aromatic nitrogens is 5. The molecule has 2 saturated heterocycles. The lowest BCUT2D eigenvalue weighted by molar-refractivity contribution is 0.127. The van der Waals surface area contributed by atoms with Gasteiger partial charge in [-0.05, 0) is 44.0 Å². The molecule has 0 unspecified atom stereocenters. The van der Waals surface area contributed by atoms with Crippen molar-refractivity contribution in [3.63, 3.8) is 0 Å². The van der Waals surface area contributed by atoms with Crippen molar-refractivity contribution < 1.29 is 4.39 Å². The van der Waals surface area contributed by atoms with Crippen molar-refractivity contribution in [2.75, 3.05) is 19.6 Å². The predicted molar refractivity (Wildman–Crippen MR) is 133 cm³/mol. The highest BCUT2D eigenvalue weighted by molar-refractivity contribution is 5.79. The van der Waals surface area contributed by atoms with Crippen molar-refractivity contribution in [1.82, 2.24) is 34.3 Å². The third kappa shape index (κ3) is 4.10. The number of aryl methyl sites for hydroxylation is 2. The van der Waals surface area contributed by atoms with Gasteiger partial charge < -0.3 is 4.57 Å². The van der Waals surface area contributed by atoms with Crippen molar-refractivity contribution in [3.8, 4) is 11.4 Å². The van der Waals surface area contributed by atoms with Crippen molar-refractivity contribution >= 4 is 11.2 Å². The first kappa shape index (κ1) is 22.2. The molecule has 35 heavy (non-hydrogen) atoms. The summed E-state index contributed by atoms with van der Waals surface area (Å²) in [6.07, 6.45) is 4.15. The molecule has 0 amide bonds. The van der Waals surface area contributed by atoms with Gasteiger partial charge in [0.1, 0.15) is 23.0 Å². The van der Waals surface area contributed by atoms with Crippen LogP contribution in [0.15, 0.2) is 42.7 Å². The molecule has 6 rings (SSSR count). The topological polar surface area (TPSA) is 63.0 Å². The van der Waals surface area contributed by atoms with Crippen molar-refractivity contribution in [2.45, 2.75) is 52.4 Å². The van der Waals surface area contributed by atoms with Crippen LogP contribution in [0.4, 0.5) is 4.39 Å². The maximum atomic E-state index is 14.0. The van der Waals surface area contributed by atoms with E-state index in [1.165, 1.54) is 37.3 Å². The van der Waals surface area contributed by atoms with E-state index in [0.717, 1.165) is 41.6 Å². The van der Waals surface area contributed by atoms with E-state index >= 15 is 0 Å². The smallest absolute Gasteiger partial charge is 0.164 e. The monoisotopic (exact) mass is 471 g/mol. The Morgan fingerprint density at radius 1 is 0.914 bits per heavy atom. The average molecular weight is 472 g/mol. The fraction of sp³-hybridized carbons (Fsp3) is 0.407. The summed E-state index contributed by atoms with van der Waals surface area (Å²) in [4.78, 5) is 23.2. The Labute approximate surface area is 204 Å². The number of hydrogen-bond acceptors (Lipinski definition) is 6. The van der Waals surface area contributed by atoms with Gasteiger partial charge in [-0.15, -0.1) is 0 Å². The molecular weight excluding hydrogens is 441 g/mol. The number of nitrogens with zero attached hydrogens (tertiary/aromatic N) is 7. The van der Waals surface area contributed by atoms with Crippen LogP contribution < -0.4 is 0 Å². The Kier molecular flexibility index (Phi) is 5.57. The number of halogens is 1. The largest absolute Gasteiger partial charge is 0.304 e. The summed E-state index contributed by atoms with van der Waals surface area (Å²) in [5.74, 6) is 0.951. The lowest BCUT2D eigenvalue weighted by Gasteiger charge is -2.33. The molecule has 0 saturated carbocycles. The van der Waals surface area contributed by atoms with Gasteiger partial charge in [0.15, 0.2) is 5.65 Å². The molecule has 5 heterocycles. The van der Waals surface area contributed by atoms with Crippen LogP contribution in [0.25, 0.3) is 22.6 Å². The minimum absolute atomic E-state index is 0.387. The molecule has 2 aliphatic rings. The zero-order valence-electron chi connectivity index (χ0n) is 20.4.